The molecule has 18 heavy (non-hydrogen) atoms. The van der Waals surface area contributed by atoms with Crippen molar-refractivity contribution in [3.05, 3.63) is 35.4 Å². The zero-order valence-corrected chi connectivity index (χ0v) is 11.2. The molecule has 1 rings (SSSR count). The van der Waals surface area contributed by atoms with Crippen LogP contribution in [0.15, 0.2) is 24.3 Å². The molecule has 96 valence electrons. The van der Waals surface area contributed by atoms with Crippen molar-refractivity contribution in [3.8, 4) is 11.8 Å². The Labute approximate surface area is 112 Å². The molecule has 0 fully saturated rings. The Morgan fingerprint density at radius 1 is 1.50 bits per heavy atom. The highest BCUT2D eigenvalue weighted by Crippen LogP contribution is 2.04. The lowest BCUT2D eigenvalue weighted by molar-refractivity contribution is 0.0956. The third-order valence-corrected chi connectivity index (χ3v) is 2.80. The Morgan fingerprint density at radius 3 is 3.06 bits per heavy atom. The first-order valence-electron chi connectivity index (χ1n) is 5.75. The summed E-state index contributed by atoms with van der Waals surface area (Å²) in [6.45, 7) is 0.724. The summed E-state index contributed by atoms with van der Waals surface area (Å²) in [6.07, 6.45) is 2.45. The van der Waals surface area contributed by atoms with Gasteiger partial charge < -0.3 is 10.4 Å². The number of nitrogens with one attached hydrogen (secondary N) is 1. The lowest BCUT2D eigenvalue weighted by Crippen LogP contribution is -2.25. The van der Waals surface area contributed by atoms with Crippen molar-refractivity contribution in [3.63, 3.8) is 0 Å². The van der Waals surface area contributed by atoms with Gasteiger partial charge in [0.05, 0.1) is 6.61 Å². The summed E-state index contributed by atoms with van der Waals surface area (Å²) in [7, 11) is 0. The quantitative estimate of drug-likeness (QED) is 0.625. The minimum atomic E-state index is -0.0742. The number of rotatable bonds is 5. The van der Waals surface area contributed by atoms with Gasteiger partial charge in [-0.05, 0) is 24.5 Å². The second-order valence-corrected chi connectivity index (χ2v) is 4.59. The molecular weight excluding hydrogens is 246 g/mol. The molecule has 0 heterocycles. The Bertz CT molecular complexity index is 449. The van der Waals surface area contributed by atoms with Crippen molar-refractivity contribution in [2.45, 2.75) is 6.42 Å². The van der Waals surface area contributed by atoms with E-state index in [-0.39, 0.29) is 12.5 Å². The van der Waals surface area contributed by atoms with Crippen LogP contribution < -0.4 is 5.32 Å². The van der Waals surface area contributed by atoms with Crippen LogP contribution in [0.5, 0.6) is 0 Å². The summed E-state index contributed by atoms with van der Waals surface area (Å²) in [5.41, 5.74) is 1.41. The predicted octanol–water partition coefficient (Wildman–Crippen LogP) is 1.51. The number of carbonyl (C=O) groups is 1. The Hall–Kier alpha value is -1.44. The van der Waals surface area contributed by atoms with E-state index in [0.717, 1.165) is 11.3 Å². The first kappa shape index (κ1) is 14.6. The van der Waals surface area contributed by atoms with Gasteiger partial charge in [-0.25, -0.2) is 0 Å². The highest BCUT2D eigenvalue weighted by molar-refractivity contribution is 7.98. The normalized spacial score (nSPS) is 9.44. The van der Waals surface area contributed by atoms with E-state index in [2.05, 4.69) is 17.2 Å². The summed E-state index contributed by atoms with van der Waals surface area (Å²) in [5.74, 6) is 6.58. The maximum absolute atomic E-state index is 11.8. The van der Waals surface area contributed by atoms with E-state index in [1.54, 1.807) is 23.9 Å². The van der Waals surface area contributed by atoms with Crippen molar-refractivity contribution >= 4 is 17.7 Å². The smallest absolute Gasteiger partial charge is 0.251 e. The van der Waals surface area contributed by atoms with Crippen LogP contribution >= 0.6 is 11.8 Å². The SMILES string of the molecule is CSCCNC(=O)c1cccc(C#CCCO)c1. The van der Waals surface area contributed by atoms with E-state index in [9.17, 15) is 4.79 Å². The Kier molecular flexibility index (Phi) is 7.00. The van der Waals surface area contributed by atoms with E-state index in [4.69, 9.17) is 5.11 Å². The molecule has 0 saturated carbocycles. The molecule has 0 aliphatic rings. The van der Waals surface area contributed by atoms with Gasteiger partial charge in [0.15, 0.2) is 0 Å². The number of hydrogen-bond acceptors (Lipinski definition) is 3. The average Bonchev–Trinajstić information content (AvgIpc) is 2.39. The van der Waals surface area contributed by atoms with E-state index in [1.807, 2.05) is 18.4 Å². The van der Waals surface area contributed by atoms with Crippen molar-refractivity contribution in [2.24, 2.45) is 0 Å². The molecule has 1 aromatic rings. The molecule has 0 saturated heterocycles. The topological polar surface area (TPSA) is 49.3 Å². The van der Waals surface area contributed by atoms with Gasteiger partial charge >= 0.3 is 0 Å². The molecule has 2 N–H and O–H groups in total. The van der Waals surface area contributed by atoms with Crippen LogP contribution in [0.25, 0.3) is 0 Å². The van der Waals surface area contributed by atoms with E-state index in [1.165, 1.54) is 0 Å². The molecule has 1 aromatic carbocycles. The maximum atomic E-state index is 11.8. The number of amides is 1. The van der Waals surface area contributed by atoms with E-state index in [0.29, 0.717) is 18.5 Å². The van der Waals surface area contributed by atoms with Crippen LogP contribution in [-0.4, -0.2) is 36.2 Å². The molecule has 0 unspecified atom stereocenters. The van der Waals surface area contributed by atoms with Crippen molar-refractivity contribution in [2.75, 3.05) is 25.2 Å². The molecule has 4 heteroatoms. The monoisotopic (exact) mass is 263 g/mol. The molecule has 0 spiro atoms. The summed E-state index contributed by atoms with van der Waals surface area (Å²) in [6, 6.07) is 7.19. The molecule has 0 atom stereocenters. The zero-order chi connectivity index (χ0) is 13.2. The van der Waals surface area contributed by atoms with Gasteiger partial charge in [0, 0.05) is 29.8 Å². The van der Waals surface area contributed by atoms with Gasteiger partial charge in [-0.1, -0.05) is 17.9 Å². The highest BCUT2D eigenvalue weighted by atomic mass is 32.2. The number of thioether (sulfide) groups is 1. The van der Waals surface area contributed by atoms with Crippen LogP contribution in [0.3, 0.4) is 0 Å². The van der Waals surface area contributed by atoms with Crippen LogP contribution in [0.1, 0.15) is 22.3 Å². The van der Waals surface area contributed by atoms with E-state index >= 15 is 0 Å². The van der Waals surface area contributed by atoms with Gasteiger partial charge in [0.25, 0.3) is 5.91 Å². The first-order valence-corrected chi connectivity index (χ1v) is 7.14. The maximum Gasteiger partial charge on any atom is 0.251 e. The number of aliphatic hydroxyl groups excluding tert-OH is 1. The van der Waals surface area contributed by atoms with Gasteiger partial charge in [-0.3, -0.25) is 4.79 Å². The van der Waals surface area contributed by atoms with Crippen LogP contribution in [-0.2, 0) is 0 Å². The van der Waals surface area contributed by atoms with Crippen LogP contribution in [0.4, 0.5) is 0 Å². The number of benzene rings is 1. The minimum absolute atomic E-state index is 0.0574. The van der Waals surface area contributed by atoms with Crippen molar-refractivity contribution in [1.29, 1.82) is 0 Å². The second-order valence-electron chi connectivity index (χ2n) is 3.60. The van der Waals surface area contributed by atoms with Gasteiger partial charge in [0.1, 0.15) is 0 Å². The predicted molar refractivity (Wildman–Crippen MR) is 75.7 cm³/mol. The van der Waals surface area contributed by atoms with Crippen molar-refractivity contribution < 1.29 is 9.90 Å². The molecule has 3 nitrogen and oxygen atoms in total. The summed E-state index contributed by atoms with van der Waals surface area (Å²) < 4.78 is 0. The third-order valence-electron chi connectivity index (χ3n) is 2.19. The molecule has 0 aliphatic heterocycles. The Morgan fingerprint density at radius 2 is 2.33 bits per heavy atom. The lowest BCUT2D eigenvalue weighted by atomic mass is 10.1. The molecule has 0 aliphatic carbocycles. The van der Waals surface area contributed by atoms with Gasteiger partial charge in [-0.15, -0.1) is 0 Å². The molecular formula is C14H17NO2S. The second kappa shape index (κ2) is 8.62. The first-order chi connectivity index (χ1) is 8.77. The Balaban J connectivity index is 2.64. The number of hydrogen-bond donors (Lipinski definition) is 2. The molecule has 0 radical (unpaired) electrons. The van der Waals surface area contributed by atoms with Crippen LogP contribution in [0, 0.1) is 11.8 Å². The van der Waals surface area contributed by atoms with Crippen LogP contribution in [0.2, 0.25) is 0 Å². The summed E-state index contributed by atoms with van der Waals surface area (Å²) in [4.78, 5) is 11.8. The molecule has 0 aromatic heterocycles. The fourth-order valence-corrected chi connectivity index (χ4v) is 1.63. The zero-order valence-electron chi connectivity index (χ0n) is 10.4. The summed E-state index contributed by atoms with van der Waals surface area (Å²) in [5, 5.41) is 11.5. The van der Waals surface area contributed by atoms with E-state index < -0.39 is 0 Å². The van der Waals surface area contributed by atoms with Crippen molar-refractivity contribution in [1.82, 2.24) is 5.32 Å². The molecule has 0 bridgehead atoms. The largest absolute Gasteiger partial charge is 0.395 e. The minimum Gasteiger partial charge on any atom is -0.395 e. The summed E-state index contributed by atoms with van der Waals surface area (Å²) >= 11 is 1.69. The fourth-order valence-electron chi connectivity index (χ4n) is 1.33. The fraction of sp³-hybridized carbons (Fsp3) is 0.357. The number of carbonyl (C=O) groups excluding carboxylic acids is 1. The average molecular weight is 263 g/mol. The number of aliphatic hydroxyl groups is 1. The third kappa shape index (κ3) is 5.26. The standard InChI is InChI=1S/C14H17NO2S/c1-18-10-8-15-14(17)13-7-4-6-12(11-13)5-2-3-9-16/h4,6-7,11,16H,3,8-10H2,1H3,(H,15,17). The van der Waals surface area contributed by atoms with Gasteiger partial charge in [-0.2, -0.15) is 11.8 Å². The van der Waals surface area contributed by atoms with Gasteiger partial charge in [0.2, 0.25) is 0 Å². The lowest BCUT2D eigenvalue weighted by Gasteiger charge is -2.04. The highest BCUT2D eigenvalue weighted by Gasteiger charge is 2.04. The molecule has 1 amide bonds.